The van der Waals surface area contributed by atoms with E-state index in [0.29, 0.717) is 6.61 Å². The molecule has 1 aliphatic heterocycles. The third kappa shape index (κ3) is 1.21. The van der Waals surface area contributed by atoms with Gasteiger partial charge in [0.2, 0.25) is 0 Å². The third-order valence-corrected chi connectivity index (χ3v) is 3.44. The molecule has 0 aliphatic carbocycles. The van der Waals surface area contributed by atoms with E-state index in [0.717, 1.165) is 27.6 Å². The van der Waals surface area contributed by atoms with E-state index in [2.05, 4.69) is 25.5 Å². The molecule has 3 nitrogen and oxygen atoms in total. The lowest BCUT2D eigenvalue weighted by Crippen LogP contribution is -2.12. The lowest BCUT2D eigenvalue weighted by Gasteiger charge is -2.19. The van der Waals surface area contributed by atoms with E-state index in [1.54, 1.807) is 0 Å². The minimum Gasteiger partial charge on any atom is -0.483 e. The summed E-state index contributed by atoms with van der Waals surface area (Å²) in [7, 11) is 0. The van der Waals surface area contributed by atoms with Gasteiger partial charge in [-0.05, 0) is 35.0 Å². The van der Waals surface area contributed by atoms with Crippen LogP contribution in [0.4, 0.5) is 0 Å². The summed E-state index contributed by atoms with van der Waals surface area (Å²) in [6.45, 7) is 2.52. The van der Waals surface area contributed by atoms with Crippen LogP contribution < -0.4 is 4.74 Å². The van der Waals surface area contributed by atoms with Gasteiger partial charge in [-0.15, -0.1) is 0 Å². The Bertz CT molecular complexity index is 533. The summed E-state index contributed by atoms with van der Waals surface area (Å²) in [5, 5.41) is 0. The molecule has 76 valence electrons. The number of hydrogen-bond donors (Lipinski definition) is 0. The number of aromatic nitrogens is 2. The topological polar surface area (TPSA) is 27.1 Å². The van der Waals surface area contributed by atoms with Crippen molar-refractivity contribution in [3.05, 3.63) is 40.4 Å². The average molecular weight is 265 g/mol. The van der Waals surface area contributed by atoms with Gasteiger partial charge >= 0.3 is 0 Å². The maximum atomic E-state index is 5.61. The van der Waals surface area contributed by atoms with E-state index < -0.39 is 0 Å². The van der Waals surface area contributed by atoms with E-state index >= 15 is 0 Å². The molecule has 0 spiro atoms. The molecule has 0 atom stereocenters. The first-order valence-corrected chi connectivity index (χ1v) is 5.52. The number of nitrogens with zero attached hydrogens (tertiary/aromatic N) is 2. The fourth-order valence-corrected chi connectivity index (χ4v) is 2.30. The molecule has 0 saturated heterocycles. The maximum Gasteiger partial charge on any atom is 0.152 e. The first-order valence-electron chi connectivity index (χ1n) is 4.73. The zero-order chi connectivity index (χ0) is 10.4. The van der Waals surface area contributed by atoms with E-state index in [1.165, 1.54) is 0 Å². The quantitative estimate of drug-likeness (QED) is 0.732. The normalized spacial score (nSPS) is 12.9. The predicted molar refractivity (Wildman–Crippen MR) is 60.3 cm³/mol. The van der Waals surface area contributed by atoms with Crippen molar-refractivity contribution in [2.24, 2.45) is 0 Å². The van der Waals surface area contributed by atoms with Crippen LogP contribution in [0.2, 0.25) is 0 Å². The third-order valence-electron chi connectivity index (χ3n) is 2.51. The number of halogens is 1. The van der Waals surface area contributed by atoms with Crippen LogP contribution >= 0.6 is 15.9 Å². The first kappa shape index (κ1) is 8.97. The number of aryl methyl sites for hydroxylation is 1. The summed E-state index contributed by atoms with van der Waals surface area (Å²) >= 11 is 3.55. The fourth-order valence-electron chi connectivity index (χ4n) is 1.81. The summed E-state index contributed by atoms with van der Waals surface area (Å²) in [5.74, 6) is 1.85. The molecular formula is C11H9BrN2O. The number of para-hydroxylation sites is 2. The first-order chi connectivity index (χ1) is 7.27. The zero-order valence-corrected chi connectivity index (χ0v) is 9.78. The molecule has 0 N–H and O–H groups in total. The van der Waals surface area contributed by atoms with Gasteiger partial charge in [-0.1, -0.05) is 12.1 Å². The highest BCUT2D eigenvalue weighted by Crippen LogP contribution is 2.33. The van der Waals surface area contributed by atoms with Crippen molar-refractivity contribution in [1.82, 2.24) is 9.55 Å². The molecule has 0 bridgehead atoms. The van der Waals surface area contributed by atoms with Crippen LogP contribution in [-0.2, 0) is 6.61 Å². The van der Waals surface area contributed by atoms with E-state index in [1.807, 2.05) is 31.2 Å². The summed E-state index contributed by atoms with van der Waals surface area (Å²) < 4.78 is 8.71. The molecule has 0 radical (unpaired) electrons. The number of imidazole rings is 1. The molecule has 0 fully saturated rings. The molecule has 15 heavy (non-hydrogen) atoms. The minimum absolute atomic E-state index is 0.531. The molecule has 1 aliphatic rings. The molecule has 0 amide bonds. The number of ether oxygens (including phenoxy) is 1. The number of benzene rings is 1. The molecule has 3 rings (SSSR count). The smallest absolute Gasteiger partial charge is 0.152 e. The Hall–Kier alpha value is -1.29. The Morgan fingerprint density at radius 1 is 1.40 bits per heavy atom. The molecule has 1 aromatic carbocycles. The minimum atomic E-state index is 0.531. The highest BCUT2D eigenvalue weighted by atomic mass is 79.9. The number of fused-ring (bicyclic) bond motifs is 3. The number of rotatable bonds is 0. The van der Waals surface area contributed by atoms with Crippen molar-refractivity contribution in [3.63, 3.8) is 0 Å². The van der Waals surface area contributed by atoms with Gasteiger partial charge in [0, 0.05) is 0 Å². The Balaban J connectivity index is 2.33. The zero-order valence-electron chi connectivity index (χ0n) is 8.20. The van der Waals surface area contributed by atoms with Gasteiger partial charge in [0.25, 0.3) is 0 Å². The van der Waals surface area contributed by atoms with Gasteiger partial charge in [0.05, 0.1) is 11.4 Å². The Labute approximate surface area is 95.8 Å². The van der Waals surface area contributed by atoms with Crippen molar-refractivity contribution in [3.8, 4) is 11.4 Å². The van der Waals surface area contributed by atoms with E-state index in [9.17, 15) is 0 Å². The van der Waals surface area contributed by atoms with Crippen molar-refractivity contribution < 1.29 is 4.74 Å². The maximum absolute atomic E-state index is 5.61. The van der Waals surface area contributed by atoms with Gasteiger partial charge in [-0.25, -0.2) is 4.98 Å². The van der Waals surface area contributed by atoms with Gasteiger partial charge in [0.15, 0.2) is 5.82 Å². The van der Waals surface area contributed by atoms with E-state index in [-0.39, 0.29) is 0 Å². The van der Waals surface area contributed by atoms with E-state index in [4.69, 9.17) is 4.74 Å². The number of hydrogen-bond acceptors (Lipinski definition) is 2. The molecule has 4 heteroatoms. The second kappa shape index (κ2) is 3.10. The second-order valence-corrected chi connectivity index (χ2v) is 4.25. The van der Waals surface area contributed by atoms with Crippen molar-refractivity contribution in [2.45, 2.75) is 13.5 Å². The molecule has 0 saturated carbocycles. The summed E-state index contributed by atoms with van der Waals surface area (Å²) in [5.41, 5.74) is 2.04. The van der Waals surface area contributed by atoms with Gasteiger partial charge in [0.1, 0.15) is 17.0 Å². The van der Waals surface area contributed by atoms with Gasteiger partial charge < -0.3 is 4.74 Å². The summed E-state index contributed by atoms with van der Waals surface area (Å²) in [6.07, 6.45) is 0. The van der Waals surface area contributed by atoms with Crippen LogP contribution in [0.15, 0.2) is 28.9 Å². The highest BCUT2D eigenvalue weighted by Gasteiger charge is 2.21. The van der Waals surface area contributed by atoms with Crippen LogP contribution in [-0.4, -0.2) is 9.55 Å². The largest absolute Gasteiger partial charge is 0.483 e. The highest BCUT2D eigenvalue weighted by molar-refractivity contribution is 9.10. The van der Waals surface area contributed by atoms with Crippen LogP contribution in [0.1, 0.15) is 11.5 Å². The predicted octanol–water partition coefficient (Wildman–Crippen LogP) is 2.84. The lowest BCUT2D eigenvalue weighted by atomic mass is 10.2. The molecule has 2 aromatic rings. The molecule has 2 heterocycles. The molecule has 0 unspecified atom stereocenters. The van der Waals surface area contributed by atoms with Crippen LogP contribution in [0.5, 0.6) is 5.75 Å². The van der Waals surface area contributed by atoms with Crippen molar-refractivity contribution >= 4 is 15.9 Å². The summed E-state index contributed by atoms with van der Waals surface area (Å²) in [4.78, 5) is 4.44. The van der Waals surface area contributed by atoms with Crippen LogP contribution in [0.25, 0.3) is 5.69 Å². The second-order valence-electron chi connectivity index (χ2n) is 3.50. The van der Waals surface area contributed by atoms with Crippen LogP contribution in [0.3, 0.4) is 0 Å². The van der Waals surface area contributed by atoms with Crippen molar-refractivity contribution in [1.29, 1.82) is 0 Å². The molecular weight excluding hydrogens is 256 g/mol. The monoisotopic (exact) mass is 264 g/mol. The fraction of sp³-hybridized carbons (Fsp3) is 0.182. The standard InChI is InChI=1S/C11H9BrN2O/c1-7-11(12)14-8-4-2-3-5-9(8)15-6-10(14)13-7/h2-5H,6H2,1H3. The summed E-state index contributed by atoms with van der Waals surface area (Å²) in [6, 6.07) is 7.98. The Morgan fingerprint density at radius 3 is 3.07 bits per heavy atom. The lowest BCUT2D eigenvalue weighted by molar-refractivity contribution is 0.279. The van der Waals surface area contributed by atoms with Crippen LogP contribution in [0, 0.1) is 6.92 Å². The average Bonchev–Trinajstić information content (AvgIpc) is 2.55. The van der Waals surface area contributed by atoms with Crippen molar-refractivity contribution in [2.75, 3.05) is 0 Å². The Kier molecular flexibility index (Phi) is 1.85. The SMILES string of the molecule is Cc1nc2n(c1Br)-c1ccccc1OC2. The molecule has 1 aromatic heterocycles. The van der Waals surface area contributed by atoms with Gasteiger partial charge in [-0.2, -0.15) is 0 Å². The van der Waals surface area contributed by atoms with Gasteiger partial charge in [-0.3, -0.25) is 4.57 Å². The Morgan fingerprint density at radius 2 is 2.20 bits per heavy atom.